The summed E-state index contributed by atoms with van der Waals surface area (Å²) in [5.74, 6) is 1.18. The van der Waals surface area contributed by atoms with Gasteiger partial charge < -0.3 is 22.1 Å². The molecule has 0 aliphatic carbocycles. The van der Waals surface area contributed by atoms with Gasteiger partial charge in [-0.05, 0) is 164 Å². The van der Waals surface area contributed by atoms with E-state index in [9.17, 15) is 0 Å². The minimum Gasteiger partial charge on any atom is -0.456 e. The van der Waals surface area contributed by atoms with Gasteiger partial charge >= 0.3 is 0 Å². The molecule has 0 amide bonds. The average Bonchev–Trinajstić information content (AvgIpc) is 1.55. The van der Waals surface area contributed by atoms with E-state index >= 15 is 0 Å². The van der Waals surface area contributed by atoms with Crippen molar-refractivity contribution >= 4 is 186 Å². The molecule has 26 aromatic rings. The van der Waals surface area contributed by atoms with Crippen LogP contribution in [0, 0.1) is 0 Å². The molecule has 26 rings (SSSR count). The second kappa shape index (κ2) is 24.4. The topological polar surface area (TPSA) is 127 Å². The first kappa shape index (κ1) is 63.1. The second-order valence-electron chi connectivity index (χ2n) is 29.7. The fraction of sp³-hybridized carbons (Fsp3) is 0. The first-order chi connectivity index (χ1) is 57.0. The van der Waals surface area contributed by atoms with Crippen LogP contribution in [0.5, 0.6) is 0 Å². The Balaban J connectivity index is 0.000000129. The van der Waals surface area contributed by atoms with E-state index in [1.54, 1.807) is 0 Å². The number of hydrogen-bond acceptors (Lipinski definition) is 9. The van der Waals surface area contributed by atoms with Crippen LogP contribution < -0.4 is 0 Å². The Bertz CT molecular complexity index is 8630. The minimum absolute atomic E-state index is 0.568. The van der Waals surface area contributed by atoms with E-state index in [0.717, 1.165) is 236 Å². The van der Waals surface area contributed by atoms with Gasteiger partial charge in [0.2, 0.25) is 11.9 Å². The summed E-state index contributed by atoms with van der Waals surface area (Å²) in [6.07, 6.45) is 0. The third-order valence-corrected chi connectivity index (χ3v) is 23.4. The molecule has 115 heavy (non-hydrogen) atoms. The Morgan fingerprint density at radius 1 is 0.191 bits per heavy atom. The standard InChI is InChI=1S/C54H31N3O2.C50H27N3O3/c1-2-13-32(14-3-1)33-15-12-16-35(29-33)52-40-20-6-9-22-44(40)55-54(56-52)57-45-23-10-7-21-41(45)51-46(57)28-27-42-50-39-19-5-4-17-36(39)43(31-49(50)59-53(42)51)34-25-26-38-37-18-8-11-24-47(37)58-48(38)30-34;1-2-12-28(13-3-1)46-49-47(35-18-8-11-21-41(35)55-49)52-50(51-46)53-38-19-9-6-17-34(38)45-39(53)25-24-36-44-33-16-5-4-14-30(33)37(27-43(44)56-48(36)45)29-22-23-32-31-15-7-10-20-40(31)54-42(32)26-29/h1-31H;1-27H. The van der Waals surface area contributed by atoms with Crippen LogP contribution in [-0.4, -0.2) is 29.1 Å². The monoisotopic (exact) mass is 1470 g/mol. The van der Waals surface area contributed by atoms with Crippen molar-refractivity contribution in [3.05, 3.63) is 352 Å². The van der Waals surface area contributed by atoms with Gasteiger partial charge in [-0.2, -0.15) is 0 Å². The Hall–Kier alpha value is -15.7. The summed E-state index contributed by atoms with van der Waals surface area (Å²) in [5, 5.41) is 19.5. The molecule has 0 atom stereocenters. The van der Waals surface area contributed by atoms with Crippen molar-refractivity contribution < 1.29 is 22.1 Å². The fourth-order valence-electron chi connectivity index (χ4n) is 18.3. The largest absolute Gasteiger partial charge is 0.456 e. The highest BCUT2D eigenvalue weighted by Crippen LogP contribution is 2.49. The van der Waals surface area contributed by atoms with Crippen molar-refractivity contribution in [2.24, 2.45) is 0 Å². The normalized spacial score (nSPS) is 12.2. The summed E-state index contributed by atoms with van der Waals surface area (Å²) in [4.78, 5) is 21.2. The number of rotatable bonds is 7. The van der Waals surface area contributed by atoms with Crippen LogP contribution >= 0.6 is 0 Å². The summed E-state index contributed by atoms with van der Waals surface area (Å²) >= 11 is 0. The molecular formula is C104H58N6O5. The van der Waals surface area contributed by atoms with Gasteiger partial charge in [-0.1, -0.05) is 243 Å². The lowest BCUT2D eigenvalue weighted by molar-refractivity contribution is 0.666. The highest BCUT2D eigenvalue weighted by molar-refractivity contribution is 6.31. The predicted molar refractivity (Wildman–Crippen MR) is 469 cm³/mol. The first-order valence-corrected chi connectivity index (χ1v) is 38.6. The van der Waals surface area contributed by atoms with E-state index in [1.807, 2.05) is 72.8 Å². The van der Waals surface area contributed by atoms with Gasteiger partial charge in [0.25, 0.3) is 0 Å². The molecule has 0 saturated heterocycles. The van der Waals surface area contributed by atoms with E-state index in [0.29, 0.717) is 17.5 Å². The molecule has 0 radical (unpaired) electrons. The maximum Gasteiger partial charge on any atom is 0.236 e. The van der Waals surface area contributed by atoms with Gasteiger partial charge in [0.1, 0.15) is 61.5 Å². The number of benzene rings is 17. The molecule has 11 heteroatoms. The first-order valence-electron chi connectivity index (χ1n) is 38.6. The Morgan fingerprint density at radius 3 is 1.17 bits per heavy atom. The van der Waals surface area contributed by atoms with Gasteiger partial charge in [0, 0.05) is 75.8 Å². The molecule has 0 saturated carbocycles. The Kier molecular flexibility index (Phi) is 13.4. The molecule has 534 valence electrons. The molecule has 11 nitrogen and oxygen atoms in total. The second-order valence-corrected chi connectivity index (χ2v) is 29.7. The lowest BCUT2D eigenvalue weighted by atomic mass is 9.94. The lowest BCUT2D eigenvalue weighted by Crippen LogP contribution is -2.03. The molecule has 0 fully saturated rings. The van der Waals surface area contributed by atoms with Crippen molar-refractivity contribution in [2.75, 3.05) is 0 Å². The molecule has 0 aliphatic heterocycles. The zero-order chi connectivity index (χ0) is 75.1. The van der Waals surface area contributed by atoms with Crippen molar-refractivity contribution in [2.45, 2.75) is 0 Å². The summed E-state index contributed by atoms with van der Waals surface area (Å²) in [7, 11) is 0. The van der Waals surface area contributed by atoms with E-state index in [1.165, 1.54) is 0 Å². The maximum atomic E-state index is 7.07. The molecule has 0 spiro atoms. The number of furan rings is 5. The Morgan fingerprint density at radius 2 is 0.600 bits per heavy atom. The van der Waals surface area contributed by atoms with Gasteiger partial charge in [-0.3, -0.25) is 9.13 Å². The summed E-state index contributed by atoms with van der Waals surface area (Å²) in [6, 6.07) is 122. The SMILES string of the molecule is c1ccc(-c2cccc(-c3nc(-n4c5ccccc5c5c6oc7cc(-c8ccc9c(c8)oc8ccccc89)c8ccccc8c7c6ccc54)nc4ccccc34)c2)cc1.c1ccc(-c2nc(-n3c4ccccc4c4c5oc6cc(-c7ccc8c(c7)oc7ccccc78)c7ccccc7c6c5ccc43)nc3c2oc2ccccc23)cc1. The van der Waals surface area contributed by atoms with Crippen molar-refractivity contribution in [1.82, 2.24) is 29.1 Å². The summed E-state index contributed by atoms with van der Waals surface area (Å²) in [6.45, 7) is 0. The van der Waals surface area contributed by atoms with Gasteiger partial charge in [-0.25, -0.2) is 19.9 Å². The van der Waals surface area contributed by atoms with Crippen LogP contribution in [0.2, 0.25) is 0 Å². The zero-order valence-electron chi connectivity index (χ0n) is 61.2. The molecule has 9 heterocycles. The smallest absolute Gasteiger partial charge is 0.236 e. The van der Waals surface area contributed by atoms with Crippen LogP contribution in [0.3, 0.4) is 0 Å². The highest BCUT2D eigenvalue weighted by Gasteiger charge is 2.28. The van der Waals surface area contributed by atoms with E-state index in [-0.39, 0.29) is 0 Å². The van der Waals surface area contributed by atoms with Crippen LogP contribution in [0.25, 0.3) is 254 Å². The summed E-state index contributed by atoms with van der Waals surface area (Å²) in [5.41, 5.74) is 24.2. The minimum atomic E-state index is 0.568. The number of nitrogens with zero attached hydrogens (tertiary/aromatic N) is 6. The lowest BCUT2D eigenvalue weighted by Gasteiger charge is -2.12. The molecule has 9 aromatic heterocycles. The molecule has 17 aromatic carbocycles. The molecule has 0 N–H and O–H groups in total. The van der Waals surface area contributed by atoms with Crippen molar-refractivity contribution in [3.8, 4) is 67.8 Å². The Labute approximate surface area is 652 Å². The third-order valence-electron chi connectivity index (χ3n) is 23.4. The van der Waals surface area contributed by atoms with Crippen LogP contribution in [-0.2, 0) is 0 Å². The third kappa shape index (κ3) is 9.46. The van der Waals surface area contributed by atoms with Gasteiger partial charge in [0.05, 0.1) is 44.0 Å². The number of hydrogen-bond donors (Lipinski definition) is 0. The van der Waals surface area contributed by atoms with Gasteiger partial charge in [0.15, 0.2) is 5.58 Å². The van der Waals surface area contributed by atoms with Gasteiger partial charge in [-0.15, -0.1) is 0 Å². The highest BCUT2D eigenvalue weighted by atomic mass is 16.3. The molecule has 0 bridgehead atoms. The number of aromatic nitrogens is 6. The zero-order valence-corrected chi connectivity index (χ0v) is 61.2. The van der Waals surface area contributed by atoms with Crippen molar-refractivity contribution in [3.63, 3.8) is 0 Å². The van der Waals surface area contributed by atoms with E-state index in [4.69, 9.17) is 42.0 Å². The van der Waals surface area contributed by atoms with Crippen LogP contribution in [0.1, 0.15) is 0 Å². The predicted octanol–water partition coefficient (Wildman–Crippen LogP) is 28.4. The number of fused-ring (bicyclic) bond motifs is 28. The molecule has 0 unspecified atom stereocenters. The van der Waals surface area contributed by atoms with Crippen LogP contribution in [0.15, 0.2) is 374 Å². The van der Waals surface area contributed by atoms with Crippen LogP contribution in [0.4, 0.5) is 0 Å². The quantitative estimate of drug-likeness (QED) is 0.153. The summed E-state index contributed by atoms with van der Waals surface area (Å²) < 4.78 is 37.6. The average molecular weight is 1470 g/mol. The molecule has 0 aliphatic rings. The van der Waals surface area contributed by atoms with E-state index < -0.39 is 0 Å². The molecular weight excluding hydrogens is 1410 g/mol. The number of para-hydroxylation sites is 6. The van der Waals surface area contributed by atoms with Crippen molar-refractivity contribution in [1.29, 1.82) is 0 Å². The van der Waals surface area contributed by atoms with E-state index in [2.05, 4.69) is 288 Å². The fourth-order valence-corrected chi connectivity index (χ4v) is 18.3. The maximum absolute atomic E-state index is 7.07.